The maximum Gasteiger partial charge on any atom is 0.231 e. The van der Waals surface area contributed by atoms with E-state index in [-0.39, 0.29) is 6.79 Å². The van der Waals surface area contributed by atoms with Gasteiger partial charge in [0, 0.05) is 38.4 Å². The minimum absolute atomic E-state index is 0.276. The standard InChI is InChI=1S/C24H25N5O2S/c32-24(26-15-18-6-8-21-22(14-18)31-17-30-21)27-19-7-9-23(25-16-19)29-12-10-28(11-13-29)20-4-2-1-3-5-20/h1-9,14,16H,10-13,15,17H2,(H2,26,27,32). The molecule has 8 heteroatoms. The van der Waals surface area contributed by atoms with Gasteiger partial charge in [-0.1, -0.05) is 24.3 Å². The number of ether oxygens (including phenoxy) is 2. The van der Waals surface area contributed by atoms with E-state index in [1.807, 2.05) is 36.5 Å². The highest BCUT2D eigenvalue weighted by atomic mass is 32.1. The lowest BCUT2D eigenvalue weighted by Crippen LogP contribution is -2.46. The first-order valence-corrected chi connectivity index (χ1v) is 11.1. The van der Waals surface area contributed by atoms with Crippen molar-refractivity contribution >= 4 is 34.5 Å². The van der Waals surface area contributed by atoms with Crippen molar-refractivity contribution < 1.29 is 9.47 Å². The molecule has 0 bridgehead atoms. The Morgan fingerprint density at radius 1 is 0.906 bits per heavy atom. The Kier molecular flexibility index (Phi) is 5.93. The molecule has 1 aromatic heterocycles. The Morgan fingerprint density at radius 3 is 2.47 bits per heavy atom. The number of anilines is 3. The van der Waals surface area contributed by atoms with Crippen molar-refractivity contribution in [3.05, 3.63) is 72.4 Å². The van der Waals surface area contributed by atoms with Gasteiger partial charge in [-0.3, -0.25) is 0 Å². The predicted molar refractivity (Wildman–Crippen MR) is 131 cm³/mol. The van der Waals surface area contributed by atoms with Crippen molar-refractivity contribution in [2.75, 3.05) is 48.1 Å². The molecule has 1 saturated heterocycles. The third kappa shape index (κ3) is 4.70. The Hall–Kier alpha value is -3.52. The predicted octanol–water partition coefficient (Wildman–Crippen LogP) is 3.62. The number of hydrogen-bond donors (Lipinski definition) is 2. The molecular weight excluding hydrogens is 422 g/mol. The fourth-order valence-electron chi connectivity index (χ4n) is 3.89. The van der Waals surface area contributed by atoms with E-state index in [1.165, 1.54) is 5.69 Å². The smallest absolute Gasteiger partial charge is 0.231 e. The lowest BCUT2D eigenvalue weighted by atomic mass is 10.2. The van der Waals surface area contributed by atoms with Crippen LogP contribution in [0.4, 0.5) is 17.2 Å². The average Bonchev–Trinajstić information content (AvgIpc) is 3.32. The molecule has 2 N–H and O–H groups in total. The van der Waals surface area contributed by atoms with Crippen LogP contribution in [0.25, 0.3) is 0 Å². The van der Waals surface area contributed by atoms with Crippen molar-refractivity contribution in [1.29, 1.82) is 0 Å². The molecule has 0 atom stereocenters. The zero-order valence-corrected chi connectivity index (χ0v) is 18.5. The summed E-state index contributed by atoms with van der Waals surface area (Å²) in [6, 6.07) is 20.5. The quantitative estimate of drug-likeness (QED) is 0.575. The van der Waals surface area contributed by atoms with Crippen molar-refractivity contribution in [1.82, 2.24) is 10.3 Å². The van der Waals surface area contributed by atoms with Crippen LogP contribution < -0.4 is 29.9 Å². The van der Waals surface area contributed by atoms with Crippen molar-refractivity contribution in [2.45, 2.75) is 6.54 Å². The van der Waals surface area contributed by atoms with E-state index in [9.17, 15) is 0 Å². The van der Waals surface area contributed by atoms with Gasteiger partial charge in [0.25, 0.3) is 0 Å². The van der Waals surface area contributed by atoms with E-state index in [4.69, 9.17) is 21.7 Å². The summed E-state index contributed by atoms with van der Waals surface area (Å²) < 4.78 is 10.8. The first kappa shape index (κ1) is 20.4. The maximum absolute atomic E-state index is 5.43. The fraction of sp³-hybridized carbons (Fsp3) is 0.250. The normalized spacial score (nSPS) is 14.9. The molecule has 0 spiro atoms. The molecule has 164 valence electrons. The van der Waals surface area contributed by atoms with Crippen molar-refractivity contribution in [3.8, 4) is 11.5 Å². The van der Waals surface area contributed by atoms with E-state index in [2.05, 4.69) is 55.7 Å². The molecule has 0 saturated carbocycles. The number of para-hydroxylation sites is 1. The maximum atomic E-state index is 5.43. The van der Waals surface area contributed by atoms with Crippen LogP contribution >= 0.6 is 12.2 Å². The highest BCUT2D eigenvalue weighted by Crippen LogP contribution is 2.32. The van der Waals surface area contributed by atoms with Gasteiger partial charge in [-0.05, 0) is 54.2 Å². The Bertz CT molecular complexity index is 1070. The number of nitrogens with one attached hydrogen (secondary N) is 2. The SMILES string of the molecule is S=C(NCc1ccc2c(c1)OCO2)Nc1ccc(N2CCN(c3ccccc3)CC2)nc1. The fourth-order valence-corrected chi connectivity index (χ4v) is 4.08. The first-order valence-electron chi connectivity index (χ1n) is 10.7. The molecule has 7 nitrogen and oxygen atoms in total. The monoisotopic (exact) mass is 447 g/mol. The number of thiocarbonyl (C=S) groups is 1. The van der Waals surface area contributed by atoms with Crippen LogP contribution in [0.3, 0.4) is 0 Å². The zero-order valence-electron chi connectivity index (χ0n) is 17.7. The second-order valence-corrected chi connectivity index (χ2v) is 8.12. The van der Waals surface area contributed by atoms with Gasteiger partial charge in [0.15, 0.2) is 16.6 Å². The summed E-state index contributed by atoms with van der Waals surface area (Å²) in [5.41, 5.74) is 3.21. The molecular formula is C24H25N5O2S. The number of fused-ring (bicyclic) bond motifs is 1. The molecule has 5 rings (SSSR count). The second kappa shape index (κ2) is 9.32. The van der Waals surface area contributed by atoms with E-state index >= 15 is 0 Å². The minimum atomic E-state index is 0.276. The largest absolute Gasteiger partial charge is 0.454 e. The molecule has 2 aromatic carbocycles. The number of rotatable bonds is 5. The number of benzene rings is 2. The van der Waals surface area contributed by atoms with Crippen LogP contribution in [-0.4, -0.2) is 43.1 Å². The Labute approximate surface area is 193 Å². The van der Waals surface area contributed by atoms with Crippen LogP contribution in [0.15, 0.2) is 66.9 Å². The Morgan fingerprint density at radius 2 is 1.69 bits per heavy atom. The summed E-state index contributed by atoms with van der Waals surface area (Å²) >= 11 is 5.43. The topological polar surface area (TPSA) is 61.9 Å². The van der Waals surface area contributed by atoms with Crippen LogP contribution in [0.2, 0.25) is 0 Å². The highest BCUT2D eigenvalue weighted by Gasteiger charge is 2.18. The number of aromatic nitrogens is 1. The Balaban J connectivity index is 1.10. The molecule has 1 fully saturated rings. The molecule has 3 heterocycles. The zero-order chi connectivity index (χ0) is 21.8. The summed E-state index contributed by atoms with van der Waals surface area (Å²) in [6.45, 7) is 4.74. The van der Waals surface area contributed by atoms with Gasteiger partial charge in [0.2, 0.25) is 6.79 Å². The lowest BCUT2D eigenvalue weighted by Gasteiger charge is -2.36. The third-order valence-electron chi connectivity index (χ3n) is 5.62. The second-order valence-electron chi connectivity index (χ2n) is 7.71. The summed E-state index contributed by atoms with van der Waals surface area (Å²) in [6.07, 6.45) is 1.83. The molecule has 0 amide bonds. The van der Waals surface area contributed by atoms with Gasteiger partial charge in [-0.15, -0.1) is 0 Å². The molecule has 2 aliphatic heterocycles. The van der Waals surface area contributed by atoms with Crippen molar-refractivity contribution in [3.63, 3.8) is 0 Å². The third-order valence-corrected chi connectivity index (χ3v) is 5.87. The first-order chi connectivity index (χ1) is 15.7. The highest BCUT2D eigenvalue weighted by molar-refractivity contribution is 7.80. The van der Waals surface area contributed by atoms with Crippen molar-refractivity contribution in [2.24, 2.45) is 0 Å². The van der Waals surface area contributed by atoms with Crippen LogP contribution in [0.1, 0.15) is 5.56 Å². The molecule has 2 aliphatic rings. The molecule has 32 heavy (non-hydrogen) atoms. The van der Waals surface area contributed by atoms with Gasteiger partial charge in [0.05, 0.1) is 11.9 Å². The molecule has 0 unspecified atom stereocenters. The number of pyridine rings is 1. The summed E-state index contributed by atoms with van der Waals surface area (Å²) in [7, 11) is 0. The van der Waals surface area contributed by atoms with E-state index < -0.39 is 0 Å². The lowest BCUT2D eigenvalue weighted by molar-refractivity contribution is 0.174. The van der Waals surface area contributed by atoms with Crippen LogP contribution in [0.5, 0.6) is 11.5 Å². The summed E-state index contributed by atoms with van der Waals surface area (Å²) in [5.74, 6) is 2.54. The summed E-state index contributed by atoms with van der Waals surface area (Å²) in [5, 5.41) is 6.97. The van der Waals surface area contributed by atoms with E-state index in [1.54, 1.807) is 0 Å². The van der Waals surface area contributed by atoms with Gasteiger partial charge in [-0.2, -0.15) is 0 Å². The van der Waals surface area contributed by atoms with Gasteiger partial charge in [-0.25, -0.2) is 4.98 Å². The van der Waals surface area contributed by atoms with Gasteiger partial charge in [0.1, 0.15) is 5.82 Å². The van der Waals surface area contributed by atoms with Gasteiger partial charge >= 0.3 is 0 Å². The molecule has 0 radical (unpaired) electrons. The number of piperazine rings is 1. The summed E-state index contributed by atoms with van der Waals surface area (Å²) in [4.78, 5) is 9.37. The number of hydrogen-bond acceptors (Lipinski definition) is 6. The van der Waals surface area contributed by atoms with E-state index in [0.29, 0.717) is 11.7 Å². The van der Waals surface area contributed by atoms with E-state index in [0.717, 1.165) is 54.7 Å². The van der Waals surface area contributed by atoms with Crippen LogP contribution in [0, 0.1) is 0 Å². The van der Waals surface area contributed by atoms with Crippen LogP contribution in [-0.2, 0) is 6.54 Å². The number of nitrogens with zero attached hydrogens (tertiary/aromatic N) is 3. The minimum Gasteiger partial charge on any atom is -0.454 e. The molecule has 3 aromatic rings. The van der Waals surface area contributed by atoms with Gasteiger partial charge < -0.3 is 29.9 Å². The average molecular weight is 448 g/mol. The molecule has 0 aliphatic carbocycles.